The van der Waals surface area contributed by atoms with E-state index >= 15 is 0 Å². The third-order valence-corrected chi connectivity index (χ3v) is 4.04. The topological polar surface area (TPSA) is 3.01 Å². The Morgan fingerprint density at radius 1 is 1.38 bits per heavy atom. The maximum atomic E-state index is 14.1. The van der Waals surface area contributed by atoms with E-state index in [1.54, 1.807) is 4.90 Å². The van der Waals surface area contributed by atoms with E-state index in [1.807, 2.05) is 44.2 Å². The maximum Gasteiger partial charge on any atom is 0.280 e. The quantitative estimate of drug-likeness (QED) is 0.452. The van der Waals surface area contributed by atoms with E-state index in [0.29, 0.717) is 5.88 Å². The summed E-state index contributed by atoms with van der Waals surface area (Å²) < 4.78 is 14.1. The highest BCUT2D eigenvalue weighted by molar-refractivity contribution is 6.28. The number of para-hydroxylation sites is 1. The largest absolute Gasteiger partial charge is 0.315 e. The van der Waals surface area contributed by atoms with E-state index in [-0.39, 0.29) is 11.5 Å². The molecule has 2 rings (SSSR count). The summed E-state index contributed by atoms with van der Waals surface area (Å²) in [5, 5.41) is -1.81. The van der Waals surface area contributed by atoms with E-state index in [9.17, 15) is 4.39 Å². The lowest BCUT2D eigenvalue weighted by atomic mass is 9.91. The molecule has 0 aliphatic carbocycles. The van der Waals surface area contributed by atoms with Crippen molar-refractivity contribution >= 4 is 28.9 Å². The number of hydrogen-bond donors (Lipinski definition) is 0. The van der Waals surface area contributed by atoms with Gasteiger partial charge in [-0.05, 0) is 12.1 Å². The normalized spacial score (nSPS) is 29.3. The van der Waals surface area contributed by atoms with Crippen LogP contribution in [0.15, 0.2) is 30.3 Å². The molecule has 0 amide bonds. The van der Waals surface area contributed by atoms with Crippen LogP contribution in [-0.2, 0) is 0 Å². The molecular weight excluding hydrogens is 248 g/mol. The molecule has 1 aromatic carbocycles. The number of benzene rings is 1. The summed E-state index contributed by atoms with van der Waals surface area (Å²) in [5.41, 5.74) is 0.441. The van der Waals surface area contributed by atoms with E-state index < -0.39 is 5.25 Å². The van der Waals surface area contributed by atoms with E-state index in [4.69, 9.17) is 23.2 Å². The lowest BCUT2D eigenvalue weighted by molar-refractivity contribution is 0.327. The van der Waals surface area contributed by atoms with Gasteiger partial charge in [0.15, 0.2) is 0 Å². The highest BCUT2D eigenvalue weighted by atomic mass is 35.5. The second-order valence-electron chi connectivity index (χ2n) is 4.82. The molecule has 2 atom stereocenters. The average molecular weight is 262 g/mol. The Balaban J connectivity index is 2.27. The summed E-state index contributed by atoms with van der Waals surface area (Å²) in [4.78, 5) is 1.57. The molecule has 0 saturated carbocycles. The minimum atomic E-state index is -1.81. The minimum absolute atomic E-state index is 0.353. The van der Waals surface area contributed by atoms with Crippen molar-refractivity contribution in [1.82, 2.24) is 0 Å². The predicted octanol–water partition coefficient (Wildman–Crippen LogP) is 4.00. The first-order valence-electron chi connectivity index (χ1n) is 5.19. The van der Waals surface area contributed by atoms with Crippen molar-refractivity contribution in [1.29, 1.82) is 0 Å². The lowest BCUT2D eigenvalue weighted by Crippen LogP contribution is -2.25. The van der Waals surface area contributed by atoms with Gasteiger partial charge in [0.25, 0.3) is 5.25 Å². The molecule has 0 aromatic heterocycles. The summed E-state index contributed by atoms with van der Waals surface area (Å²) in [7, 11) is 0. The van der Waals surface area contributed by atoms with Crippen molar-refractivity contribution in [3.63, 3.8) is 0 Å². The van der Waals surface area contributed by atoms with Crippen molar-refractivity contribution < 1.29 is 4.39 Å². The van der Waals surface area contributed by atoms with Crippen LogP contribution in [0.2, 0.25) is 0 Å². The van der Waals surface area contributed by atoms with Gasteiger partial charge in [-0.1, -0.05) is 43.6 Å². The van der Waals surface area contributed by atoms with Gasteiger partial charge in [0.1, 0.15) is 6.04 Å². The highest BCUT2D eigenvalue weighted by Gasteiger charge is 2.69. The fraction of sp³-hybridized carbons (Fsp3) is 0.500. The Labute approximate surface area is 105 Å². The lowest BCUT2D eigenvalue weighted by Gasteiger charge is -2.20. The van der Waals surface area contributed by atoms with Gasteiger partial charge in [0.05, 0.1) is 0 Å². The second kappa shape index (κ2) is 3.78. The van der Waals surface area contributed by atoms with Crippen LogP contribution in [-0.4, -0.2) is 17.2 Å². The van der Waals surface area contributed by atoms with E-state index in [1.165, 1.54) is 0 Å². The molecule has 1 aliphatic heterocycles. The van der Waals surface area contributed by atoms with Gasteiger partial charge in [0.2, 0.25) is 0 Å². The monoisotopic (exact) mass is 261 g/mol. The SMILES string of the molecule is CC(C)(CCl)C1N(c2ccccc2)C1(F)Cl. The smallest absolute Gasteiger partial charge is 0.280 e. The Kier molecular flexibility index (Phi) is 2.83. The molecule has 0 N–H and O–H groups in total. The van der Waals surface area contributed by atoms with Crippen molar-refractivity contribution in [2.75, 3.05) is 10.8 Å². The van der Waals surface area contributed by atoms with Gasteiger partial charge in [-0.25, -0.2) is 0 Å². The molecular formula is C12H14Cl2FN. The number of anilines is 1. The van der Waals surface area contributed by atoms with Crippen LogP contribution in [0.25, 0.3) is 0 Å². The van der Waals surface area contributed by atoms with Gasteiger partial charge in [0, 0.05) is 17.0 Å². The predicted molar refractivity (Wildman–Crippen MR) is 66.9 cm³/mol. The van der Waals surface area contributed by atoms with Gasteiger partial charge < -0.3 is 4.90 Å². The fourth-order valence-electron chi connectivity index (χ4n) is 2.05. The maximum absolute atomic E-state index is 14.1. The van der Waals surface area contributed by atoms with Crippen molar-refractivity contribution in [2.45, 2.75) is 25.1 Å². The van der Waals surface area contributed by atoms with E-state index in [0.717, 1.165) is 5.69 Å². The number of halogens is 3. The van der Waals surface area contributed by atoms with Gasteiger partial charge in [-0.3, -0.25) is 0 Å². The molecule has 1 fully saturated rings. The van der Waals surface area contributed by atoms with Crippen LogP contribution in [0, 0.1) is 5.41 Å². The first kappa shape index (κ1) is 12.0. The molecule has 0 spiro atoms. The summed E-state index contributed by atoms with van der Waals surface area (Å²) in [6, 6.07) is 8.95. The Morgan fingerprint density at radius 3 is 2.44 bits per heavy atom. The van der Waals surface area contributed by atoms with Crippen LogP contribution in [0.4, 0.5) is 10.1 Å². The molecule has 1 heterocycles. The molecule has 16 heavy (non-hydrogen) atoms. The Morgan fingerprint density at radius 2 is 1.94 bits per heavy atom. The zero-order valence-electron chi connectivity index (χ0n) is 9.25. The fourth-order valence-corrected chi connectivity index (χ4v) is 2.73. The molecule has 88 valence electrons. The third-order valence-electron chi connectivity index (χ3n) is 2.96. The summed E-state index contributed by atoms with van der Waals surface area (Å²) in [6.07, 6.45) is 0. The zero-order valence-corrected chi connectivity index (χ0v) is 10.8. The molecule has 1 nitrogen and oxygen atoms in total. The molecule has 1 aromatic rings. The zero-order chi connectivity index (χ0) is 12.0. The highest BCUT2D eigenvalue weighted by Crippen LogP contribution is 2.56. The summed E-state index contributed by atoms with van der Waals surface area (Å²) in [5.74, 6) is 0.374. The van der Waals surface area contributed by atoms with Gasteiger partial charge in [-0.15, -0.1) is 11.6 Å². The van der Waals surface area contributed by atoms with Crippen LogP contribution < -0.4 is 4.90 Å². The molecule has 1 saturated heterocycles. The number of nitrogens with zero attached hydrogens (tertiary/aromatic N) is 1. The average Bonchev–Trinajstić information content (AvgIpc) is 2.84. The molecule has 0 radical (unpaired) electrons. The molecule has 4 heteroatoms. The second-order valence-corrected chi connectivity index (χ2v) is 5.62. The Hall–Kier alpha value is -0.470. The molecule has 1 aliphatic rings. The first-order chi connectivity index (χ1) is 7.41. The summed E-state index contributed by atoms with van der Waals surface area (Å²) in [6.45, 7) is 3.84. The minimum Gasteiger partial charge on any atom is -0.315 e. The van der Waals surface area contributed by atoms with Crippen molar-refractivity contribution in [3.05, 3.63) is 30.3 Å². The number of rotatable bonds is 3. The van der Waals surface area contributed by atoms with Crippen molar-refractivity contribution in [3.8, 4) is 0 Å². The standard InChI is InChI=1S/C12H14Cl2FN/c1-11(2,8-13)10-12(14,15)16(10)9-6-4-3-5-7-9/h3-7,10H,8H2,1-2H3. The van der Waals surface area contributed by atoms with Gasteiger partial charge >= 0.3 is 0 Å². The Bertz CT molecular complexity index is 378. The number of hydrogen-bond acceptors (Lipinski definition) is 1. The van der Waals surface area contributed by atoms with Gasteiger partial charge in [-0.2, -0.15) is 4.39 Å². The number of alkyl halides is 3. The first-order valence-corrected chi connectivity index (χ1v) is 6.10. The molecule has 0 bridgehead atoms. The van der Waals surface area contributed by atoms with Crippen LogP contribution >= 0.6 is 23.2 Å². The van der Waals surface area contributed by atoms with Crippen LogP contribution in [0.5, 0.6) is 0 Å². The molecule has 2 unspecified atom stereocenters. The summed E-state index contributed by atoms with van der Waals surface area (Å²) >= 11 is 11.7. The van der Waals surface area contributed by atoms with Crippen LogP contribution in [0.3, 0.4) is 0 Å². The van der Waals surface area contributed by atoms with Crippen LogP contribution in [0.1, 0.15) is 13.8 Å². The van der Waals surface area contributed by atoms with E-state index in [2.05, 4.69) is 0 Å². The third kappa shape index (κ3) is 1.78. The van der Waals surface area contributed by atoms with Crippen molar-refractivity contribution in [2.24, 2.45) is 5.41 Å².